The predicted octanol–water partition coefficient (Wildman–Crippen LogP) is 3.41. The summed E-state index contributed by atoms with van der Waals surface area (Å²) in [4.78, 5) is 17.9. The summed E-state index contributed by atoms with van der Waals surface area (Å²) in [5.74, 6) is -0.333. The molecule has 2 aromatic rings. The van der Waals surface area contributed by atoms with Gasteiger partial charge in [-0.3, -0.25) is 4.79 Å². The van der Waals surface area contributed by atoms with E-state index in [2.05, 4.69) is 15.1 Å². The van der Waals surface area contributed by atoms with Crippen molar-refractivity contribution in [2.45, 2.75) is 30.6 Å². The summed E-state index contributed by atoms with van der Waals surface area (Å²) in [6.45, 7) is 4.53. The van der Waals surface area contributed by atoms with E-state index < -0.39 is 10.0 Å². The van der Waals surface area contributed by atoms with Gasteiger partial charge >= 0.3 is 0 Å². The maximum Gasteiger partial charge on any atom is 0.257 e. The van der Waals surface area contributed by atoms with Crippen LogP contribution in [0.2, 0.25) is 0 Å². The first-order valence-electron chi connectivity index (χ1n) is 11.9. The first kappa shape index (κ1) is 24.5. The molecule has 0 aromatic heterocycles. The summed E-state index contributed by atoms with van der Waals surface area (Å²) < 4.78 is 32.0. The van der Waals surface area contributed by atoms with E-state index in [0.29, 0.717) is 43.2 Å². The van der Waals surface area contributed by atoms with Crippen LogP contribution in [0, 0.1) is 0 Å². The number of hydrogen-bond acceptors (Lipinski definition) is 6. The highest BCUT2D eigenvalue weighted by Gasteiger charge is 2.24. The minimum absolute atomic E-state index is 0.0937. The molecule has 4 rings (SSSR count). The fraction of sp³-hybridized carbons (Fsp3) is 0.480. The fourth-order valence-corrected chi connectivity index (χ4v) is 5.36. The smallest absolute Gasteiger partial charge is 0.257 e. The van der Waals surface area contributed by atoms with Gasteiger partial charge in [-0.2, -0.15) is 0 Å². The van der Waals surface area contributed by atoms with E-state index in [1.807, 2.05) is 24.3 Å². The lowest BCUT2D eigenvalue weighted by Gasteiger charge is -2.30. The highest BCUT2D eigenvalue weighted by atomic mass is 32.2. The van der Waals surface area contributed by atoms with E-state index in [9.17, 15) is 13.2 Å². The van der Waals surface area contributed by atoms with Crippen LogP contribution in [0.3, 0.4) is 0 Å². The molecule has 0 aliphatic carbocycles. The van der Waals surface area contributed by atoms with Crippen molar-refractivity contribution in [2.24, 2.45) is 0 Å². The highest BCUT2D eigenvalue weighted by molar-refractivity contribution is 7.89. The van der Waals surface area contributed by atoms with Gasteiger partial charge in [0.2, 0.25) is 10.0 Å². The van der Waals surface area contributed by atoms with Gasteiger partial charge in [-0.05, 0) is 55.3 Å². The van der Waals surface area contributed by atoms with Crippen LogP contribution in [0.5, 0.6) is 0 Å². The fourth-order valence-electron chi connectivity index (χ4n) is 4.43. The van der Waals surface area contributed by atoms with Crippen LogP contribution in [-0.4, -0.2) is 72.1 Å². The molecule has 0 bridgehead atoms. The molecule has 1 N–H and O–H groups in total. The minimum atomic E-state index is -3.67. The largest absolute Gasteiger partial charge is 0.378 e. The Hall–Kier alpha value is -2.62. The second-order valence-corrected chi connectivity index (χ2v) is 11.1. The molecular weight excluding hydrogens is 452 g/mol. The molecule has 2 aliphatic rings. The second-order valence-electron chi connectivity index (χ2n) is 8.97. The lowest BCUT2D eigenvalue weighted by Crippen LogP contribution is -2.37. The van der Waals surface area contributed by atoms with E-state index in [4.69, 9.17) is 4.74 Å². The SMILES string of the molecule is CN(C)S(=O)(=O)c1ccc(N2CCOCC2)c(C(=O)Nc2ccc(N3CCCCCC3)cc2)c1. The van der Waals surface area contributed by atoms with Crippen LogP contribution in [0.1, 0.15) is 36.0 Å². The van der Waals surface area contributed by atoms with Gasteiger partial charge < -0.3 is 19.9 Å². The Balaban J connectivity index is 1.59. The molecule has 8 nitrogen and oxygen atoms in total. The molecule has 2 saturated heterocycles. The van der Waals surface area contributed by atoms with E-state index in [0.717, 1.165) is 23.1 Å². The normalized spacial score (nSPS) is 17.5. The van der Waals surface area contributed by atoms with Crippen LogP contribution >= 0.6 is 0 Å². The number of hydrogen-bond donors (Lipinski definition) is 1. The first-order chi connectivity index (χ1) is 16.4. The van der Waals surface area contributed by atoms with Crippen molar-refractivity contribution in [3.05, 3.63) is 48.0 Å². The van der Waals surface area contributed by atoms with Crippen molar-refractivity contribution in [3.63, 3.8) is 0 Å². The van der Waals surface area contributed by atoms with Crippen molar-refractivity contribution in [2.75, 3.05) is 68.6 Å². The monoisotopic (exact) mass is 486 g/mol. The zero-order valence-corrected chi connectivity index (χ0v) is 20.8. The quantitative estimate of drug-likeness (QED) is 0.674. The Morgan fingerprint density at radius 3 is 2.15 bits per heavy atom. The van der Waals surface area contributed by atoms with Gasteiger partial charge in [0.15, 0.2) is 0 Å². The summed E-state index contributed by atoms with van der Waals surface area (Å²) in [7, 11) is -0.704. The summed E-state index contributed by atoms with van der Waals surface area (Å²) >= 11 is 0. The van der Waals surface area contributed by atoms with E-state index in [1.54, 1.807) is 12.1 Å². The number of morpholine rings is 1. The molecule has 2 fully saturated rings. The van der Waals surface area contributed by atoms with Crippen molar-refractivity contribution >= 4 is 33.0 Å². The van der Waals surface area contributed by atoms with Gasteiger partial charge in [-0.1, -0.05) is 12.8 Å². The average molecular weight is 487 g/mol. The summed E-state index contributed by atoms with van der Waals surface area (Å²) in [6, 6.07) is 12.7. The number of benzene rings is 2. The number of nitrogens with one attached hydrogen (secondary N) is 1. The number of rotatable bonds is 6. The topological polar surface area (TPSA) is 82.2 Å². The lowest BCUT2D eigenvalue weighted by atomic mass is 10.1. The zero-order chi connectivity index (χ0) is 24.1. The number of amides is 1. The van der Waals surface area contributed by atoms with E-state index >= 15 is 0 Å². The Morgan fingerprint density at radius 1 is 0.882 bits per heavy atom. The number of sulfonamides is 1. The molecule has 9 heteroatoms. The van der Waals surface area contributed by atoms with Crippen LogP contribution in [-0.2, 0) is 14.8 Å². The molecule has 34 heavy (non-hydrogen) atoms. The molecule has 2 aliphatic heterocycles. The third-order valence-corrected chi connectivity index (χ3v) is 8.25. The summed E-state index contributed by atoms with van der Waals surface area (Å²) in [6.07, 6.45) is 4.96. The van der Waals surface area contributed by atoms with Gasteiger partial charge in [0.1, 0.15) is 0 Å². The number of carbonyl (C=O) groups excluding carboxylic acids is 1. The van der Waals surface area contributed by atoms with Crippen LogP contribution < -0.4 is 15.1 Å². The number of anilines is 3. The zero-order valence-electron chi connectivity index (χ0n) is 20.0. The molecule has 0 spiro atoms. The molecule has 0 radical (unpaired) electrons. The minimum Gasteiger partial charge on any atom is -0.378 e. The van der Waals surface area contributed by atoms with Crippen molar-refractivity contribution in [1.82, 2.24) is 4.31 Å². The Morgan fingerprint density at radius 2 is 1.53 bits per heavy atom. The van der Waals surface area contributed by atoms with Crippen molar-refractivity contribution in [1.29, 1.82) is 0 Å². The van der Waals surface area contributed by atoms with E-state index in [-0.39, 0.29) is 10.8 Å². The average Bonchev–Trinajstić information content (AvgIpc) is 3.14. The van der Waals surface area contributed by atoms with Crippen LogP contribution in [0.15, 0.2) is 47.4 Å². The number of ether oxygens (including phenoxy) is 1. The third kappa shape index (κ3) is 5.54. The Kier molecular flexibility index (Phi) is 7.75. The molecule has 0 atom stereocenters. The van der Waals surface area contributed by atoms with Gasteiger partial charge in [0.05, 0.1) is 23.7 Å². The molecular formula is C25H34N4O4S. The van der Waals surface area contributed by atoms with Gasteiger partial charge in [0, 0.05) is 57.3 Å². The summed E-state index contributed by atoms with van der Waals surface area (Å²) in [5, 5.41) is 2.96. The predicted molar refractivity (Wildman–Crippen MR) is 135 cm³/mol. The summed E-state index contributed by atoms with van der Waals surface area (Å²) in [5.41, 5.74) is 2.88. The van der Waals surface area contributed by atoms with E-state index in [1.165, 1.54) is 45.8 Å². The van der Waals surface area contributed by atoms with Crippen LogP contribution in [0.4, 0.5) is 17.1 Å². The molecule has 1 amide bonds. The first-order valence-corrected chi connectivity index (χ1v) is 13.4. The maximum atomic E-state index is 13.4. The van der Waals surface area contributed by atoms with Crippen LogP contribution in [0.25, 0.3) is 0 Å². The third-order valence-electron chi connectivity index (χ3n) is 6.44. The lowest BCUT2D eigenvalue weighted by molar-refractivity contribution is 0.102. The Labute approximate surface area is 202 Å². The van der Waals surface area contributed by atoms with Crippen molar-refractivity contribution in [3.8, 4) is 0 Å². The molecule has 0 saturated carbocycles. The molecule has 2 heterocycles. The standard InChI is InChI=1S/C25H34N4O4S/c1-27(2)34(31,32)22-11-12-24(29-15-17-33-18-16-29)23(19-22)25(30)26-20-7-9-21(10-8-20)28-13-5-3-4-6-14-28/h7-12,19H,3-6,13-18H2,1-2H3,(H,26,30). The second kappa shape index (κ2) is 10.8. The number of nitrogens with zero attached hydrogens (tertiary/aromatic N) is 3. The highest BCUT2D eigenvalue weighted by Crippen LogP contribution is 2.28. The Bertz CT molecular complexity index is 1090. The number of carbonyl (C=O) groups is 1. The van der Waals surface area contributed by atoms with Gasteiger partial charge in [-0.15, -0.1) is 0 Å². The van der Waals surface area contributed by atoms with Gasteiger partial charge in [0.25, 0.3) is 5.91 Å². The molecule has 2 aromatic carbocycles. The molecule has 0 unspecified atom stereocenters. The maximum absolute atomic E-state index is 13.4. The van der Waals surface area contributed by atoms with Gasteiger partial charge in [-0.25, -0.2) is 12.7 Å². The van der Waals surface area contributed by atoms with Crippen molar-refractivity contribution < 1.29 is 17.9 Å². The molecule has 184 valence electrons.